The fraction of sp³-hybridized carbons (Fsp3) is 0.333. The zero-order valence-electron chi connectivity index (χ0n) is 8.15. The summed E-state index contributed by atoms with van der Waals surface area (Å²) in [5.41, 5.74) is 1.44. The van der Waals surface area contributed by atoms with E-state index < -0.39 is 10.0 Å². The highest BCUT2D eigenvalue weighted by atomic mass is 32.2. The summed E-state index contributed by atoms with van der Waals surface area (Å²) in [5, 5.41) is 5.05. The van der Waals surface area contributed by atoms with Crippen LogP contribution in [0.1, 0.15) is 11.1 Å². The van der Waals surface area contributed by atoms with Gasteiger partial charge in [-0.3, -0.25) is 0 Å². The first kappa shape index (κ1) is 11.2. The Labute approximate surface area is 83.7 Å². The lowest BCUT2D eigenvalue weighted by atomic mass is 10.2. The molecule has 2 N–H and O–H groups in total. The van der Waals surface area contributed by atoms with Gasteiger partial charge in [-0.15, -0.1) is 0 Å². The topological polar surface area (TPSA) is 69.4 Å². The molecule has 0 saturated heterocycles. The molecule has 0 radical (unpaired) electrons. The Morgan fingerprint density at radius 2 is 2.07 bits per heavy atom. The van der Waals surface area contributed by atoms with Crippen LogP contribution in [-0.2, 0) is 21.4 Å². The Morgan fingerprint density at radius 1 is 1.43 bits per heavy atom. The van der Waals surface area contributed by atoms with Crippen LogP contribution >= 0.6 is 0 Å². The minimum absolute atomic E-state index is 0.159. The van der Waals surface area contributed by atoms with Gasteiger partial charge in [0, 0.05) is 7.11 Å². The SMILES string of the molecule is COCc1ccc(C)c(S(N)(=O)=O)c1. The van der Waals surface area contributed by atoms with Crippen LogP contribution in [-0.4, -0.2) is 15.5 Å². The van der Waals surface area contributed by atoms with Crippen LogP contribution in [0.15, 0.2) is 23.1 Å². The van der Waals surface area contributed by atoms with Gasteiger partial charge in [-0.05, 0) is 24.1 Å². The first-order valence-electron chi connectivity index (χ1n) is 4.06. The van der Waals surface area contributed by atoms with Gasteiger partial charge in [0.15, 0.2) is 0 Å². The molecule has 1 aromatic rings. The maximum absolute atomic E-state index is 11.1. The van der Waals surface area contributed by atoms with Crippen LogP contribution in [0.25, 0.3) is 0 Å². The predicted molar refractivity (Wildman–Crippen MR) is 53.3 cm³/mol. The van der Waals surface area contributed by atoms with E-state index in [9.17, 15) is 8.42 Å². The highest BCUT2D eigenvalue weighted by molar-refractivity contribution is 7.89. The predicted octanol–water partition coefficient (Wildman–Crippen LogP) is 0.789. The van der Waals surface area contributed by atoms with E-state index >= 15 is 0 Å². The van der Waals surface area contributed by atoms with E-state index in [1.165, 1.54) is 6.07 Å². The summed E-state index contributed by atoms with van der Waals surface area (Å²) < 4.78 is 27.2. The molecule has 0 aliphatic rings. The second kappa shape index (κ2) is 4.08. The molecule has 4 nitrogen and oxygen atoms in total. The lowest BCUT2D eigenvalue weighted by Gasteiger charge is -2.06. The highest BCUT2D eigenvalue weighted by Gasteiger charge is 2.11. The molecule has 1 rings (SSSR count). The third kappa shape index (κ3) is 2.54. The van der Waals surface area contributed by atoms with Crippen LogP contribution in [0, 0.1) is 6.92 Å². The van der Waals surface area contributed by atoms with Crippen molar-refractivity contribution in [3.63, 3.8) is 0 Å². The molecular weight excluding hydrogens is 202 g/mol. The molecule has 5 heteroatoms. The minimum atomic E-state index is -3.63. The number of ether oxygens (including phenoxy) is 1. The van der Waals surface area contributed by atoms with Gasteiger partial charge in [0.25, 0.3) is 0 Å². The largest absolute Gasteiger partial charge is 0.380 e. The average Bonchev–Trinajstić information content (AvgIpc) is 2.07. The minimum Gasteiger partial charge on any atom is -0.380 e. The summed E-state index contributed by atoms with van der Waals surface area (Å²) in [5.74, 6) is 0. The van der Waals surface area contributed by atoms with Crippen molar-refractivity contribution in [2.45, 2.75) is 18.4 Å². The number of rotatable bonds is 3. The van der Waals surface area contributed by atoms with E-state index in [1.54, 1.807) is 20.1 Å². The van der Waals surface area contributed by atoms with E-state index in [2.05, 4.69) is 0 Å². The number of aryl methyl sites for hydroxylation is 1. The second-order valence-electron chi connectivity index (χ2n) is 3.08. The molecule has 0 unspecified atom stereocenters. The third-order valence-corrected chi connectivity index (χ3v) is 2.92. The average molecular weight is 215 g/mol. The van der Waals surface area contributed by atoms with Crippen molar-refractivity contribution in [3.05, 3.63) is 29.3 Å². The van der Waals surface area contributed by atoms with Crippen molar-refractivity contribution >= 4 is 10.0 Å². The summed E-state index contributed by atoms with van der Waals surface area (Å²) in [7, 11) is -2.08. The summed E-state index contributed by atoms with van der Waals surface area (Å²) in [6.45, 7) is 2.08. The van der Waals surface area contributed by atoms with E-state index in [1.807, 2.05) is 6.07 Å². The zero-order chi connectivity index (χ0) is 10.8. The first-order chi connectivity index (χ1) is 6.45. The molecule has 0 bridgehead atoms. The number of primary sulfonamides is 1. The highest BCUT2D eigenvalue weighted by Crippen LogP contribution is 2.15. The van der Waals surface area contributed by atoms with Crippen molar-refractivity contribution < 1.29 is 13.2 Å². The monoisotopic (exact) mass is 215 g/mol. The van der Waals surface area contributed by atoms with Crippen LogP contribution < -0.4 is 5.14 Å². The standard InChI is InChI=1S/C9H13NO3S/c1-7-3-4-8(6-13-2)5-9(7)14(10,11)12/h3-5H,6H2,1-2H3,(H2,10,11,12). The lowest BCUT2D eigenvalue weighted by molar-refractivity contribution is 0.184. The molecule has 1 aromatic carbocycles. The number of benzene rings is 1. The maximum Gasteiger partial charge on any atom is 0.238 e. The zero-order valence-corrected chi connectivity index (χ0v) is 8.97. The van der Waals surface area contributed by atoms with Gasteiger partial charge in [-0.2, -0.15) is 0 Å². The molecule has 0 amide bonds. The Bertz CT molecular complexity index is 426. The van der Waals surface area contributed by atoms with Gasteiger partial charge in [0.2, 0.25) is 10.0 Å². The molecule has 0 fully saturated rings. The Balaban J connectivity index is 3.22. The molecule has 0 atom stereocenters. The number of sulfonamides is 1. The molecule has 0 aliphatic heterocycles. The van der Waals surface area contributed by atoms with Crippen molar-refractivity contribution in [2.24, 2.45) is 5.14 Å². The van der Waals surface area contributed by atoms with Crippen LogP contribution in [0.2, 0.25) is 0 Å². The van der Waals surface area contributed by atoms with Crippen LogP contribution in [0.3, 0.4) is 0 Å². The fourth-order valence-electron chi connectivity index (χ4n) is 1.21. The Kier molecular flexibility index (Phi) is 3.25. The van der Waals surface area contributed by atoms with Crippen LogP contribution in [0.5, 0.6) is 0 Å². The van der Waals surface area contributed by atoms with Crippen molar-refractivity contribution in [3.8, 4) is 0 Å². The number of hydrogen-bond donors (Lipinski definition) is 1. The van der Waals surface area contributed by atoms with E-state index in [0.717, 1.165) is 5.56 Å². The summed E-state index contributed by atoms with van der Waals surface area (Å²) in [6, 6.07) is 5.07. The molecule has 0 aromatic heterocycles. The Hall–Kier alpha value is -0.910. The lowest BCUT2D eigenvalue weighted by Crippen LogP contribution is -2.14. The third-order valence-electron chi connectivity index (χ3n) is 1.87. The summed E-state index contributed by atoms with van der Waals surface area (Å²) >= 11 is 0. The van der Waals surface area contributed by atoms with E-state index in [4.69, 9.17) is 9.88 Å². The van der Waals surface area contributed by atoms with Crippen molar-refractivity contribution in [1.82, 2.24) is 0 Å². The van der Waals surface area contributed by atoms with Gasteiger partial charge >= 0.3 is 0 Å². The van der Waals surface area contributed by atoms with E-state index in [0.29, 0.717) is 12.2 Å². The van der Waals surface area contributed by atoms with Gasteiger partial charge in [0.1, 0.15) is 0 Å². The summed E-state index contributed by atoms with van der Waals surface area (Å²) in [6.07, 6.45) is 0. The molecule has 0 saturated carbocycles. The molecule has 78 valence electrons. The molecule has 0 spiro atoms. The van der Waals surface area contributed by atoms with Crippen LogP contribution in [0.4, 0.5) is 0 Å². The quantitative estimate of drug-likeness (QED) is 0.810. The number of methoxy groups -OCH3 is 1. The van der Waals surface area contributed by atoms with Gasteiger partial charge in [0.05, 0.1) is 11.5 Å². The fourth-order valence-corrected chi connectivity index (χ4v) is 2.04. The first-order valence-corrected chi connectivity index (χ1v) is 5.61. The van der Waals surface area contributed by atoms with Crippen molar-refractivity contribution in [2.75, 3.05) is 7.11 Å². The maximum atomic E-state index is 11.1. The van der Waals surface area contributed by atoms with Gasteiger partial charge in [-0.25, -0.2) is 13.6 Å². The smallest absolute Gasteiger partial charge is 0.238 e. The van der Waals surface area contributed by atoms with Gasteiger partial charge in [-0.1, -0.05) is 12.1 Å². The second-order valence-corrected chi connectivity index (χ2v) is 4.61. The normalized spacial score (nSPS) is 11.6. The molecular formula is C9H13NO3S. The summed E-state index contributed by atoms with van der Waals surface area (Å²) in [4.78, 5) is 0.159. The number of nitrogens with two attached hydrogens (primary N) is 1. The Morgan fingerprint density at radius 3 is 2.57 bits per heavy atom. The number of hydrogen-bond acceptors (Lipinski definition) is 3. The molecule has 0 aliphatic carbocycles. The molecule has 0 heterocycles. The molecule has 14 heavy (non-hydrogen) atoms. The van der Waals surface area contributed by atoms with E-state index in [-0.39, 0.29) is 4.90 Å². The van der Waals surface area contributed by atoms with Gasteiger partial charge < -0.3 is 4.74 Å². The van der Waals surface area contributed by atoms with Crippen molar-refractivity contribution in [1.29, 1.82) is 0 Å².